The van der Waals surface area contributed by atoms with Gasteiger partial charge < -0.3 is 10.1 Å². The number of carbonyl (C=O) groups excluding carboxylic acids is 1. The lowest BCUT2D eigenvalue weighted by Crippen LogP contribution is -2.46. The molecule has 0 unspecified atom stereocenters. The first kappa shape index (κ1) is 20.5. The van der Waals surface area contributed by atoms with E-state index >= 15 is 0 Å². The third-order valence-electron chi connectivity index (χ3n) is 5.30. The molecule has 1 aromatic heterocycles. The topological polar surface area (TPSA) is 91.8 Å². The molecule has 2 aliphatic rings. The summed E-state index contributed by atoms with van der Waals surface area (Å²) in [6.07, 6.45) is 3.62. The second-order valence-electron chi connectivity index (χ2n) is 7.28. The van der Waals surface area contributed by atoms with Crippen LogP contribution in [0.5, 0.6) is 0 Å². The van der Waals surface area contributed by atoms with Gasteiger partial charge in [-0.15, -0.1) is 0 Å². The van der Waals surface area contributed by atoms with Crippen molar-refractivity contribution >= 4 is 38.3 Å². The van der Waals surface area contributed by atoms with Crippen LogP contribution in [0.25, 0.3) is 10.8 Å². The number of sulfonamides is 1. The zero-order valence-corrected chi connectivity index (χ0v) is 17.5. The van der Waals surface area contributed by atoms with Crippen LogP contribution < -0.4 is 5.32 Å². The summed E-state index contributed by atoms with van der Waals surface area (Å²) in [6.45, 7) is 3.63. The normalized spacial score (nSPS) is 21.5. The Kier molecular flexibility index (Phi) is 6.03. The van der Waals surface area contributed by atoms with Crippen molar-refractivity contribution in [1.29, 1.82) is 0 Å². The van der Waals surface area contributed by atoms with E-state index in [1.807, 2.05) is 4.90 Å². The molecule has 1 N–H and O–H groups in total. The number of morpholine rings is 1. The minimum absolute atomic E-state index is 0.0876. The second-order valence-corrected chi connectivity index (χ2v) is 9.59. The third kappa shape index (κ3) is 4.39. The molecule has 156 valence electrons. The number of nitrogens with zero attached hydrogens (tertiary/aromatic N) is 3. The highest BCUT2D eigenvalue weighted by Crippen LogP contribution is 2.32. The van der Waals surface area contributed by atoms with Crippen LogP contribution in [0.15, 0.2) is 35.5 Å². The average Bonchev–Trinajstić information content (AvgIpc) is 3.18. The van der Waals surface area contributed by atoms with Crippen molar-refractivity contribution in [2.45, 2.75) is 17.4 Å². The number of benzene rings is 1. The minimum Gasteiger partial charge on any atom is -0.379 e. The number of rotatable bonds is 5. The van der Waals surface area contributed by atoms with Gasteiger partial charge in [0.25, 0.3) is 0 Å². The number of nitrogens with one attached hydrogen (secondary N) is 1. The van der Waals surface area contributed by atoms with E-state index in [2.05, 4.69) is 10.3 Å². The predicted octanol–water partition coefficient (Wildman–Crippen LogP) is 1.10. The summed E-state index contributed by atoms with van der Waals surface area (Å²) in [5, 5.41) is 4.42. The summed E-state index contributed by atoms with van der Waals surface area (Å²) in [4.78, 5) is 18.6. The standard InChI is InChI=1S/C19H23ClN4O4S/c20-16-11-21-10-14-2-1-3-17(19(14)16)29(26,27)24-5-4-15(12-24)22-18(25)13-23-6-8-28-9-7-23/h1-3,10-11,15H,4-9,12-13H2,(H,22,25)/t15-/m0/s1. The Morgan fingerprint density at radius 3 is 2.83 bits per heavy atom. The largest absolute Gasteiger partial charge is 0.379 e. The van der Waals surface area contributed by atoms with Crippen molar-refractivity contribution in [3.63, 3.8) is 0 Å². The number of carbonyl (C=O) groups is 1. The van der Waals surface area contributed by atoms with Crippen LogP contribution >= 0.6 is 11.6 Å². The van der Waals surface area contributed by atoms with Crippen LogP contribution in [0.2, 0.25) is 5.02 Å². The quantitative estimate of drug-likeness (QED) is 0.751. The predicted molar refractivity (Wildman–Crippen MR) is 109 cm³/mol. The van der Waals surface area contributed by atoms with E-state index in [9.17, 15) is 13.2 Å². The van der Waals surface area contributed by atoms with Gasteiger partial charge in [-0.25, -0.2) is 8.42 Å². The minimum atomic E-state index is -3.74. The summed E-state index contributed by atoms with van der Waals surface area (Å²) < 4.78 is 33.2. The number of halogens is 1. The Morgan fingerprint density at radius 2 is 2.03 bits per heavy atom. The molecule has 0 bridgehead atoms. The van der Waals surface area contributed by atoms with Crippen LogP contribution in [0, 0.1) is 0 Å². The van der Waals surface area contributed by atoms with E-state index in [-0.39, 0.29) is 23.4 Å². The molecular formula is C19H23ClN4O4S. The Labute approximate surface area is 174 Å². The molecule has 0 aliphatic carbocycles. The Balaban J connectivity index is 1.45. The molecule has 2 aliphatic heterocycles. The van der Waals surface area contributed by atoms with Crippen molar-refractivity contribution in [3.05, 3.63) is 35.6 Å². The van der Waals surface area contributed by atoms with Crippen molar-refractivity contribution in [2.75, 3.05) is 45.9 Å². The highest BCUT2D eigenvalue weighted by molar-refractivity contribution is 7.89. The Hall–Kier alpha value is -1.78. The molecule has 2 aromatic rings. The van der Waals surface area contributed by atoms with E-state index in [4.69, 9.17) is 16.3 Å². The molecular weight excluding hydrogens is 416 g/mol. The number of hydrogen-bond acceptors (Lipinski definition) is 6. The number of amides is 1. The molecule has 1 amide bonds. The fourth-order valence-corrected chi connectivity index (χ4v) is 5.87. The summed E-state index contributed by atoms with van der Waals surface area (Å²) >= 11 is 6.25. The van der Waals surface area contributed by atoms with Gasteiger partial charge in [0.1, 0.15) is 0 Å². The summed E-state index contributed by atoms with van der Waals surface area (Å²) in [6, 6.07) is 4.83. The highest BCUT2D eigenvalue weighted by Gasteiger charge is 2.34. The zero-order chi connectivity index (χ0) is 20.4. The van der Waals surface area contributed by atoms with Gasteiger partial charge in [-0.3, -0.25) is 14.7 Å². The molecule has 4 rings (SSSR count). The monoisotopic (exact) mass is 438 g/mol. The Morgan fingerprint density at radius 1 is 1.24 bits per heavy atom. The SMILES string of the molecule is O=C(CN1CCOCC1)N[C@H]1CCN(S(=O)(=O)c2cccc3cncc(Cl)c23)C1. The number of pyridine rings is 1. The molecule has 0 radical (unpaired) electrons. The molecule has 0 spiro atoms. The van der Waals surface area contributed by atoms with E-state index in [1.54, 1.807) is 24.4 Å². The number of hydrogen-bond donors (Lipinski definition) is 1. The maximum atomic E-state index is 13.3. The third-order valence-corrected chi connectivity index (χ3v) is 7.50. The van der Waals surface area contributed by atoms with Crippen molar-refractivity contribution in [2.24, 2.45) is 0 Å². The van der Waals surface area contributed by atoms with Crippen molar-refractivity contribution < 1.29 is 17.9 Å². The van der Waals surface area contributed by atoms with Crippen LogP contribution in [0.3, 0.4) is 0 Å². The maximum Gasteiger partial charge on any atom is 0.243 e. The average molecular weight is 439 g/mol. The lowest BCUT2D eigenvalue weighted by Gasteiger charge is -2.26. The van der Waals surface area contributed by atoms with Crippen molar-refractivity contribution in [1.82, 2.24) is 19.5 Å². The number of fused-ring (bicyclic) bond motifs is 1. The molecule has 1 atom stereocenters. The van der Waals surface area contributed by atoms with Crippen LogP contribution in [0.4, 0.5) is 0 Å². The summed E-state index contributed by atoms with van der Waals surface area (Å²) in [5.41, 5.74) is 0. The molecule has 8 nitrogen and oxygen atoms in total. The Bertz CT molecular complexity index is 1010. The van der Waals surface area contributed by atoms with Gasteiger partial charge in [-0.05, 0) is 12.5 Å². The molecule has 2 fully saturated rings. The van der Waals surface area contributed by atoms with Crippen LogP contribution in [-0.2, 0) is 19.6 Å². The highest BCUT2D eigenvalue weighted by atomic mass is 35.5. The molecule has 10 heteroatoms. The number of ether oxygens (including phenoxy) is 1. The molecule has 2 saturated heterocycles. The fourth-order valence-electron chi connectivity index (χ4n) is 3.81. The first-order valence-corrected chi connectivity index (χ1v) is 11.4. The second kappa shape index (κ2) is 8.53. The van der Waals surface area contributed by atoms with Gasteiger partial charge in [-0.1, -0.05) is 23.7 Å². The zero-order valence-electron chi connectivity index (χ0n) is 15.9. The smallest absolute Gasteiger partial charge is 0.243 e. The maximum absolute atomic E-state index is 13.3. The molecule has 3 heterocycles. The number of aromatic nitrogens is 1. The van der Waals surface area contributed by atoms with E-state index in [0.29, 0.717) is 48.5 Å². The molecule has 29 heavy (non-hydrogen) atoms. The van der Waals surface area contributed by atoms with E-state index in [1.165, 1.54) is 10.5 Å². The van der Waals surface area contributed by atoms with Gasteiger partial charge in [0.2, 0.25) is 15.9 Å². The lowest BCUT2D eigenvalue weighted by atomic mass is 10.2. The van der Waals surface area contributed by atoms with Gasteiger partial charge in [-0.2, -0.15) is 4.31 Å². The first-order valence-electron chi connectivity index (χ1n) is 9.57. The molecule has 0 saturated carbocycles. The van der Waals surface area contributed by atoms with Crippen LogP contribution in [0.1, 0.15) is 6.42 Å². The van der Waals surface area contributed by atoms with Gasteiger partial charge >= 0.3 is 0 Å². The molecule has 1 aromatic carbocycles. The summed E-state index contributed by atoms with van der Waals surface area (Å²) in [5.74, 6) is -0.0876. The van der Waals surface area contributed by atoms with Gasteiger partial charge in [0, 0.05) is 55.4 Å². The fraction of sp³-hybridized carbons (Fsp3) is 0.474. The van der Waals surface area contributed by atoms with Crippen LogP contribution in [-0.4, -0.2) is 80.5 Å². The van der Waals surface area contributed by atoms with Gasteiger partial charge in [0.15, 0.2) is 0 Å². The van der Waals surface area contributed by atoms with E-state index in [0.717, 1.165) is 13.1 Å². The summed E-state index contributed by atoms with van der Waals surface area (Å²) in [7, 11) is -3.74. The van der Waals surface area contributed by atoms with Crippen molar-refractivity contribution in [3.8, 4) is 0 Å². The van der Waals surface area contributed by atoms with E-state index < -0.39 is 10.0 Å². The lowest BCUT2D eigenvalue weighted by molar-refractivity contribution is -0.123. The first-order chi connectivity index (χ1) is 13.9. The van der Waals surface area contributed by atoms with Gasteiger partial charge in [0.05, 0.1) is 29.7 Å².